The Labute approximate surface area is 174 Å². The molecule has 28 heavy (non-hydrogen) atoms. The van der Waals surface area contributed by atoms with Crippen LogP contribution in [0.15, 0.2) is 18.2 Å². The van der Waals surface area contributed by atoms with Gasteiger partial charge in [0.2, 0.25) is 5.91 Å². The predicted octanol–water partition coefficient (Wildman–Crippen LogP) is 3.42. The molecule has 2 N–H and O–H groups in total. The number of fused-ring (bicyclic) bond motifs is 2. The van der Waals surface area contributed by atoms with E-state index in [1.165, 1.54) is 30.4 Å². The fourth-order valence-corrected chi connectivity index (χ4v) is 5.19. The molecule has 1 saturated carbocycles. The number of rotatable bonds is 3. The molecule has 156 valence electrons. The second-order valence-corrected chi connectivity index (χ2v) is 8.36. The minimum Gasteiger partial charge on any atom is -0.497 e. The summed E-state index contributed by atoms with van der Waals surface area (Å²) < 4.78 is 11.7. The standard InChI is InChI=1S/C22H32N2O3.ClH/c1-26-18-7-8-19-17(15-18)9-14-27-22(19)10-12-24(13-11-22)21(25)20(23)16-5-3-2-4-6-16;/h7-8,15-16,20H,2-6,9-14,23H2,1H3;1H/t20-;/m0./s1. The number of likely N-dealkylation sites (tertiary alicyclic amines) is 1. The molecule has 1 aliphatic carbocycles. The Hall–Kier alpha value is -1.30. The maximum absolute atomic E-state index is 12.9. The number of amides is 1. The summed E-state index contributed by atoms with van der Waals surface area (Å²) >= 11 is 0. The molecule has 1 saturated heterocycles. The smallest absolute Gasteiger partial charge is 0.239 e. The third-order valence-corrected chi connectivity index (χ3v) is 6.88. The highest BCUT2D eigenvalue weighted by Gasteiger charge is 2.42. The van der Waals surface area contributed by atoms with Gasteiger partial charge in [0.25, 0.3) is 0 Å². The normalized spacial score (nSPS) is 22.9. The number of carbonyl (C=O) groups excluding carboxylic acids is 1. The van der Waals surface area contributed by atoms with Crippen molar-refractivity contribution in [3.05, 3.63) is 29.3 Å². The van der Waals surface area contributed by atoms with Crippen LogP contribution in [-0.2, 0) is 21.6 Å². The van der Waals surface area contributed by atoms with Gasteiger partial charge in [0.05, 0.1) is 25.4 Å². The van der Waals surface area contributed by atoms with Crippen LogP contribution in [0.3, 0.4) is 0 Å². The molecule has 1 aromatic rings. The van der Waals surface area contributed by atoms with Gasteiger partial charge in [-0.05, 0) is 61.3 Å². The van der Waals surface area contributed by atoms with Gasteiger partial charge in [0.1, 0.15) is 5.75 Å². The number of hydrogen-bond donors (Lipinski definition) is 1. The van der Waals surface area contributed by atoms with Crippen LogP contribution >= 0.6 is 12.4 Å². The predicted molar refractivity (Wildman–Crippen MR) is 112 cm³/mol. The zero-order chi connectivity index (χ0) is 18.9. The van der Waals surface area contributed by atoms with Crippen LogP contribution in [-0.4, -0.2) is 43.7 Å². The second-order valence-electron chi connectivity index (χ2n) is 8.36. The molecule has 1 aromatic carbocycles. The minimum atomic E-state index is -0.330. The second kappa shape index (κ2) is 9.02. The molecule has 0 unspecified atom stereocenters. The van der Waals surface area contributed by atoms with Crippen molar-refractivity contribution in [3.63, 3.8) is 0 Å². The zero-order valence-corrected chi connectivity index (χ0v) is 17.6. The van der Waals surface area contributed by atoms with Crippen molar-refractivity contribution in [3.8, 4) is 5.75 Å². The van der Waals surface area contributed by atoms with E-state index in [0.717, 1.165) is 57.6 Å². The van der Waals surface area contributed by atoms with Gasteiger partial charge < -0.3 is 20.1 Å². The third kappa shape index (κ3) is 4.03. The lowest BCUT2D eigenvalue weighted by Crippen LogP contribution is -2.54. The summed E-state index contributed by atoms with van der Waals surface area (Å²) in [5, 5.41) is 0. The number of nitrogens with zero attached hydrogens (tertiary/aromatic N) is 1. The van der Waals surface area contributed by atoms with E-state index < -0.39 is 0 Å². The number of nitrogens with two attached hydrogens (primary N) is 1. The Balaban J connectivity index is 0.00000225. The van der Waals surface area contributed by atoms with E-state index in [0.29, 0.717) is 5.92 Å². The van der Waals surface area contributed by atoms with Crippen LogP contribution in [0, 0.1) is 5.92 Å². The van der Waals surface area contributed by atoms with Crippen molar-refractivity contribution < 1.29 is 14.3 Å². The molecule has 0 aromatic heterocycles. The summed E-state index contributed by atoms with van der Waals surface area (Å²) in [4.78, 5) is 14.9. The Morgan fingerprint density at radius 1 is 1.25 bits per heavy atom. The van der Waals surface area contributed by atoms with Gasteiger partial charge in [0, 0.05) is 13.1 Å². The first kappa shape index (κ1) is 21.4. The lowest BCUT2D eigenvalue weighted by atomic mass is 9.78. The maximum atomic E-state index is 12.9. The number of carbonyl (C=O) groups is 1. The molecule has 1 atom stereocenters. The summed E-state index contributed by atoms with van der Waals surface area (Å²) in [6, 6.07) is 5.98. The number of methoxy groups -OCH3 is 1. The lowest BCUT2D eigenvalue weighted by Gasteiger charge is -2.45. The molecular formula is C22H33ClN2O3. The monoisotopic (exact) mass is 408 g/mol. The first-order chi connectivity index (χ1) is 13.1. The van der Waals surface area contributed by atoms with Crippen molar-refractivity contribution in [2.75, 3.05) is 26.8 Å². The lowest BCUT2D eigenvalue weighted by molar-refractivity contribution is -0.143. The molecule has 3 aliphatic rings. The van der Waals surface area contributed by atoms with E-state index >= 15 is 0 Å². The quantitative estimate of drug-likeness (QED) is 0.832. The molecular weight excluding hydrogens is 376 g/mol. The summed E-state index contributed by atoms with van der Waals surface area (Å²) in [5.74, 6) is 1.40. The van der Waals surface area contributed by atoms with E-state index in [1.807, 2.05) is 11.0 Å². The number of benzene rings is 1. The third-order valence-electron chi connectivity index (χ3n) is 6.88. The highest BCUT2D eigenvalue weighted by molar-refractivity contribution is 5.85. The summed E-state index contributed by atoms with van der Waals surface area (Å²) in [6.07, 6.45) is 8.51. The minimum absolute atomic E-state index is 0. The van der Waals surface area contributed by atoms with Crippen molar-refractivity contribution in [1.29, 1.82) is 0 Å². The molecule has 2 fully saturated rings. The van der Waals surface area contributed by atoms with Gasteiger partial charge in [-0.25, -0.2) is 0 Å². The van der Waals surface area contributed by atoms with Crippen molar-refractivity contribution in [1.82, 2.24) is 4.90 Å². The van der Waals surface area contributed by atoms with Crippen LogP contribution in [0.5, 0.6) is 5.75 Å². The van der Waals surface area contributed by atoms with Crippen LogP contribution in [0.25, 0.3) is 0 Å². The van der Waals surface area contributed by atoms with Crippen molar-refractivity contribution >= 4 is 18.3 Å². The summed E-state index contributed by atoms with van der Waals surface area (Å²) in [5.41, 5.74) is 8.70. The summed E-state index contributed by atoms with van der Waals surface area (Å²) in [7, 11) is 1.70. The molecule has 1 spiro atoms. The van der Waals surface area contributed by atoms with E-state index in [1.54, 1.807) is 7.11 Å². The Bertz CT molecular complexity index is 682. The van der Waals surface area contributed by atoms with E-state index in [4.69, 9.17) is 15.2 Å². The molecule has 0 radical (unpaired) electrons. The number of piperidine rings is 1. The molecule has 5 nitrogen and oxygen atoms in total. The van der Waals surface area contributed by atoms with Crippen molar-refractivity contribution in [2.24, 2.45) is 11.7 Å². The topological polar surface area (TPSA) is 64.8 Å². The van der Waals surface area contributed by atoms with Gasteiger partial charge in [-0.2, -0.15) is 0 Å². The molecule has 4 rings (SSSR count). The van der Waals surface area contributed by atoms with E-state index in [-0.39, 0.29) is 30.0 Å². The number of ether oxygens (including phenoxy) is 2. The Morgan fingerprint density at radius 3 is 2.64 bits per heavy atom. The van der Waals surface area contributed by atoms with Gasteiger partial charge in [-0.3, -0.25) is 4.79 Å². The van der Waals surface area contributed by atoms with Crippen LogP contribution < -0.4 is 10.5 Å². The van der Waals surface area contributed by atoms with Crippen LogP contribution in [0.2, 0.25) is 0 Å². The van der Waals surface area contributed by atoms with E-state index in [9.17, 15) is 4.79 Å². The summed E-state index contributed by atoms with van der Waals surface area (Å²) in [6.45, 7) is 2.19. The van der Waals surface area contributed by atoms with Gasteiger partial charge in [-0.1, -0.05) is 25.3 Å². The van der Waals surface area contributed by atoms with Gasteiger partial charge in [0.15, 0.2) is 0 Å². The fourth-order valence-electron chi connectivity index (χ4n) is 5.19. The number of hydrogen-bond acceptors (Lipinski definition) is 4. The average molecular weight is 409 g/mol. The molecule has 0 bridgehead atoms. The van der Waals surface area contributed by atoms with Gasteiger partial charge in [-0.15, -0.1) is 12.4 Å². The largest absolute Gasteiger partial charge is 0.497 e. The van der Waals surface area contributed by atoms with Crippen LogP contribution in [0.1, 0.15) is 56.1 Å². The molecule has 2 aliphatic heterocycles. The SMILES string of the molecule is COc1ccc2c(c1)CCOC21CCN(C(=O)[C@@H](N)C2CCCCC2)CC1.Cl. The fraction of sp³-hybridized carbons (Fsp3) is 0.682. The Kier molecular flexibility index (Phi) is 6.89. The molecule has 2 heterocycles. The first-order valence-corrected chi connectivity index (χ1v) is 10.5. The zero-order valence-electron chi connectivity index (χ0n) is 16.8. The Morgan fingerprint density at radius 2 is 1.96 bits per heavy atom. The molecule has 6 heteroatoms. The molecule has 1 amide bonds. The highest BCUT2D eigenvalue weighted by atomic mass is 35.5. The van der Waals surface area contributed by atoms with Crippen LogP contribution in [0.4, 0.5) is 0 Å². The first-order valence-electron chi connectivity index (χ1n) is 10.5. The number of halogens is 1. The highest BCUT2D eigenvalue weighted by Crippen LogP contribution is 2.42. The maximum Gasteiger partial charge on any atom is 0.239 e. The average Bonchev–Trinajstić information content (AvgIpc) is 2.74. The van der Waals surface area contributed by atoms with E-state index in [2.05, 4.69) is 12.1 Å². The van der Waals surface area contributed by atoms with Gasteiger partial charge >= 0.3 is 0 Å². The van der Waals surface area contributed by atoms with Crippen molar-refractivity contribution in [2.45, 2.75) is 63.0 Å².